The van der Waals surface area contributed by atoms with Gasteiger partial charge in [0.2, 0.25) is 0 Å². The van der Waals surface area contributed by atoms with Crippen molar-refractivity contribution < 1.29 is 4.79 Å². The molecule has 1 atom stereocenters. The van der Waals surface area contributed by atoms with Crippen LogP contribution in [0.25, 0.3) is 0 Å². The standard InChI is InChI=1S/C18H16N2OS2/c1-12-4-5-13(11-19-12)18(21)20-8-6-15-14(7-10-23-15)17(20)16-3-2-9-22-16/h2-5,7,9-11,17H,6,8H2,1H3. The molecule has 0 saturated heterocycles. The van der Waals surface area contributed by atoms with Gasteiger partial charge in [0.05, 0.1) is 11.6 Å². The van der Waals surface area contributed by atoms with Gasteiger partial charge in [-0.3, -0.25) is 9.78 Å². The highest BCUT2D eigenvalue weighted by atomic mass is 32.1. The molecule has 1 amide bonds. The summed E-state index contributed by atoms with van der Waals surface area (Å²) in [6.45, 7) is 2.68. The van der Waals surface area contributed by atoms with E-state index in [2.05, 4.69) is 33.9 Å². The first-order valence-corrected chi connectivity index (χ1v) is 9.33. The van der Waals surface area contributed by atoms with Crippen LogP contribution in [-0.2, 0) is 6.42 Å². The molecule has 0 N–H and O–H groups in total. The Balaban J connectivity index is 1.75. The van der Waals surface area contributed by atoms with Crippen molar-refractivity contribution in [3.8, 4) is 0 Å². The summed E-state index contributed by atoms with van der Waals surface area (Å²) < 4.78 is 0. The second-order valence-corrected chi connectivity index (χ2v) is 7.63. The predicted octanol–water partition coefficient (Wildman–Crippen LogP) is 4.30. The average molecular weight is 340 g/mol. The zero-order valence-corrected chi connectivity index (χ0v) is 14.4. The predicted molar refractivity (Wildman–Crippen MR) is 94.2 cm³/mol. The van der Waals surface area contributed by atoms with Crippen molar-refractivity contribution in [2.24, 2.45) is 0 Å². The maximum atomic E-state index is 13.0. The first-order chi connectivity index (χ1) is 11.2. The fourth-order valence-corrected chi connectivity index (χ4v) is 4.81. The maximum Gasteiger partial charge on any atom is 0.256 e. The van der Waals surface area contributed by atoms with Gasteiger partial charge >= 0.3 is 0 Å². The number of hydrogen-bond donors (Lipinski definition) is 0. The van der Waals surface area contributed by atoms with Crippen LogP contribution in [0.4, 0.5) is 0 Å². The number of carbonyl (C=O) groups excluding carboxylic acids is 1. The Morgan fingerprint density at radius 1 is 1.22 bits per heavy atom. The fraction of sp³-hybridized carbons (Fsp3) is 0.222. The van der Waals surface area contributed by atoms with Crippen molar-refractivity contribution in [2.75, 3.05) is 6.54 Å². The third-order valence-electron chi connectivity index (χ3n) is 4.20. The van der Waals surface area contributed by atoms with Crippen LogP contribution in [0.2, 0.25) is 0 Å². The summed E-state index contributed by atoms with van der Waals surface area (Å²) in [6, 6.07) is 10.1. The minimum atomic E-state index is 0.0267. The summed E-state index contributed by atoms with van der Waals surface area (Å²) in [5.41, 5.74) is 2.86. The van der Waals surface area contributed by atoms with E-state index in [0.717, 1.165) is 18.7 Å². The lowest BCUT2D eigenvalue weighted by molar-refractivity contribution is 0.0698. The molecule has 1 unspecified atom stereocenters. The Bertz CT molecular complexity index is 821. The summed E-state index contributed by atoms with van der Waals surface area (Å²) in [7, 11) is 0. The normalized spacial score (nSPS) is 17.1. The molecular weight excluding hydrogens is 324 g/mol. The van der Waals surface area contributed by atoms with Crippen molar-refractivity contribution >= 4 is 28.6 Å². The molecule has 1 aliphatic heterocycles. The first kappa shape index (κ1) is 14.6. The molecule has 0 radical (unpaired) electrons. The van der Waals surface area contributed by atoms with Gasteiger partial charge in [0.1, 0.15) is 0 Å². The molecule has 0 bridgehead atoms. The van der Waals surface area contributed by atoms with Crippen molar-refractivity contribution in [2.45, 2.75) is 19.4 Å². The lowest BCUT2D eigenvalue weighted by atomic mass is 9.97. The summed E-state index contributed by atoms with van der Waals surface area (Å²) in [4.78, 5) is 21.9. The van der Waals surface area contributed by atoms with Gasteiger partial charge in [0.25, 0.3) is 5.91 Å². The highest BCUT2D eigenvalue weighted by Gasteiger charge is 2.33. The number of carbonyl (C=O) groups is 1. The molecule has 1 aliphatic rings. The van der Waals surface area contributed by atoms with Crippen LogP contribution >= 0.6 is 22.7 Å². The summed E-state index contributed by atoms with van der Waals surface area (Å²) in [5.74, 6) is 0.0627. The van der Waals surface area contributed by atoms with Gasteiger partial charge < -0.3 is 4.90 Å². The molecule has 4 heterocycles. The number of rotatable bonds is 2. The average Bonchev–Trinajstić information content (AvgIpc) is 3.25. The number of hydrogen-bond acceptors (Lipinski definition) is 4. The summed E-state index contributed by atoms with van der Waals surface area (Å²) >= 11 is 3.50. The Morgan fingerprint density at radius 2 is 2.13 bits per heavy atom. The Morgan fingerprint density at radius 3 is 2.87 bits per heavy atom. The third kappa shape index (κ3) is 2.60. The van der Waals surface area contributed by atoms with Crippen LogP contribution in [0.3, 0.4) is 0 Å². The highest BCUT2D eigenvalue weighted by Crippen LogP contribution is 2.40. The Labute approximate surface area is 143 Å². The van der Waals surface area contributed by atoms with Crippen LogP contribution in [0, 0.1) is 6.92 Å². The van der Waals surface area contributed by atoms with Crippen molar-refractivity contribution in [1.29, 1.82) is 0 Å². The molecule has 0 aliphatic carbocycles. The Hall–Kier alpha value is -1.98. The molecule has 0 fully saturated rings. The van der Waals surface area contributed by atoms with Gasteiger partial charge in [-0.15, -0.1) is 22.7 Å². The van der Waals surface area contributed by atoms with E-state index in [4.69, 9.17) is 0 Å². The van der Waals surface area contributed by atoms with Crippen LogP contribution in [0.5, 0.6) is 0 Å². The third-order valence-corrected chi connectivity index (χ3v) is 6.12. The minimum Gasteiger partial charge on any atom is -0.326 e. The molecule has 0 saturated carbocycles. The number of thiophene rings is 2. The maximum absolute atomic E-state index is 13.0. The van der Waals surface area contributed by atoms with Crippen LogP contribution in [0.1, 0.15) is 37.4 Å². The molecular formula is C18H16N2OS2. The largest absolute Gasteiger partial charge is 0.326 e. The molecule has 4 rings (SSSR count). The van der Waals surface area contributed by atoms with Crippen molar-refractivity contribution in [3.05, 3.63) is 73.9 Å². The lowest BCUT2D eigenvalue weighted by Gasteiger charge is -2.35. The molecule has 3 nitrogen and oxygen atoms in total. The number of nitrogens with zero attached hydrogens (tertiary/aromatic N) is 2. The van der Waals surface area contributed by atoms with Gasteiger partial charge in [-0.05, 0) is 53.9 Å². The van der Waals surface area contributed by atoms with E-state index < -0.39 is 0 Å². The van der Waals surface area contributed by atoms with Crippen molar-refractivity contribution in [1.82, 2.24) is 9.88 Å². The van der Waals surface area contributed by atoms with Gasteiger partial charge in [0, 0.05) is 28.2 Å². The van der Waals surface area contributed by atoms with Gasteiger partial charge in [0.15, 0.2) is 0 Å². The number of amides is 1. The minimum absolute atomic E-state index is 0.0267. The second kappa shape index (κ2) is 5.91. The van der Waals surface area contributed by atoms with E-state index in [1.807, 2.05) is 24.0 Å². The Kier molecular flexibility index (Phi) is 3.75. The summed E-state index contributed by atoms with van der Waals surface area (Å²) in [5, 5.41) is 4.21. The van der Waals surface area contributed by atoms with E-state index >= 15 is 0 Å². The SMILES string of the molecule is Cc1ccc(C(=O)N2CCc3sccc3C2c2cccs2)cn1. The second-order valence-electron chi connectivity index (χ2n) is 5.65. The van der Waals surface area contributed by atoms with Gasteiger partial charge in [-0.1, -0.05) is 6.07 Å². The van der Waals surface area contributed by atoms with E-state index in [1.54, 1.807) is 28.9 Å². The topological polar surface area (TPSA) is 33.2 Å². The van der Waals surface area contributed by atoms with Crippen molar-refractivity contribution in [3.63, 3.8) is 0 Å². The number of fused-ring (bicyclic) bond motifs is 1. The van der Waals surface area contributed by atoms with Gasteiger partial charge in [-0.2, -0.15) is 0 Å². The molecule has 5 heteroatoms. The fourth-order valence-electron chi connectivity index (χ4n) is 3.05. The van der Waals surface area contributed by atoms with Crippen LogP contribution in [0.15, 0.2) is 47.3 Å². The van der Waals surface area contributed by atoms with E-state index in [1.165, 1.54) is 15.3 Å². The zero-order valence-electron chi connectivity index (χ0n) is 12.7. The first-order valence-electron chi connectivity index (χ1n) is 7.57. The molecule has 116 valence electrons. The molecule has 0 spiro atoms. The molecule has 3 aromatic rings. The zero-order chi connectivity index (χ0) is 15.8. The highest BCUT2D eigenvalue weighted by molar-refractivity contribution is 7.10. The van der Waals surface area contributed by atoms with Crippen LogP contribution in [-0.4, -0.2) is 22.3 Å². The number of aryl methyl sites for hydroxylation is 1. The molecule has 0 aromatic carbocycles. The molecule has 23 heavy (non-hydrogen) atoms. The lowest BCUT2D eigenvalue weighted by Crippen LogP contribution is -2.39. The smallest absolute Gasteiger partial charge is 0.256 e. The van der Waals surface area contributed by atoms with Gasteiger partial charge in [-0.25, -0.2) is 0 Å². The van der Waals surface area contributed by atoms with Crippen LogP contribution < -0.4 is 0 Å². The monoisotopic (exact) mass is 340 g/mol. The number of pyridine rings is 1. The quantitative estimate of drug-likeness (QED) is 0.697. The molecule has 3 aromatic heterocycles. The summed E-state index contributed by atoms with van der Waals surface area (Å²) in [6.07, 6.45) is 2.62. The van der Waals surface area contributed by atoms with E-state index in [-0.39, 0.29) is 11.9 Å². The van der Waals surface area contributed by atoms with E-state index in [9.17, 15) is 4.79 Å². The number of aromatic nitrogens is 1. The van der Waals surface area contributed by atoms with E-state index in [0.29, 0.717) is 5.56 Å².